The number of benzene rings is 2. The van der Waals surface area contributed by atoms with Gasteiger partial charge in [-0.05, 0) is 63.1 Å². The first-order valence-corrected chi connectivity index (χ1v) is 13.0. The average Bonchev–Trinajstić information content (AvgIpc) is 3.36. The standard InChI is InChI=1S/C28H31N3O5S/c1-6-34-22-14-20(15-23(35-7-2)25(22)36-8-3)27(32)31(17-19-10-9-13-29-16-19)28-30-24-21(33-5)12-11-18(4)26(24)37-28/h9-16H,6-8,17H2,1-5H3. The number of rotatable bonds is 11. The van der Waals surface area contributed by atoms with Crippen LogP contribution in [0.25, 0.3) is 10.2 Å². The lowest BCUT2D eigenvalue weighted by Gasteiger charge is -2.22. The second-order valence-corrected chi connectivity index (χ2v) is 9.09. The summed E-state index contributed by atoms with van der Waals surface area (Å²) in [5.74, 6) is 1.82. The van der Waals surface area contributed by atoms with Gasteiger partial charge in [-0.3, -0.25) is 14.7 Å². The lowest BCUT2D eigenvalue weighted by atomic mass is 10.1. The molecule has 0 aliphatic heterocycles. The molecule has 0 saturated carbocycles. The molecule has 0 N–H and O–H groups in total. The lowest BCUT2D eigenvalue weighted by molar-refractivity contribution is 0.0984. The minimum Gasteiger partial charge on any atom is -0.494 e. The molecule has 0 atom stereocenters. The minimum atomic E-state index is -0.246. The lowest BCUT2D eigenvalue weighted by Crippen LogP contribution is -2.30. The van der Waals surface area contributed by atoms with E-state index in [9.17, 15) is 4.79 Å². The van der Waals surface area contributed by atoms with E-state index in [0.717, 1.165) is 21.3 Å². The summed E-state index contributed by atoms with van der Waals surface area (Å²) in [4.78, 5) is 24.9. The highest BCUT2D eigenvalue weighted by Crippen LogP contribution is 2.41. The van der Waals surface area contributed by atoms with Crippen molar-refractivity contribution in [3.05, 3.63) is 65.5 Å². The van der Waals surface area contributed by atoms with Crippen molar-refractivity contribution in [1.29, 1.82) is 0 Å². The summed E-state index contributed by atoms with van der Waals surface area (Å²) in [5.41, 5.74) is 3.07. The first-order valence-electron chi connectivity index (χ1n) is 12.2. The zero-order valence-electron chi connectivity index (χ0n) is 21.7. The van der Waals surface area contributed by atoms with Gasteiger partial charge < -0.3 is 18.9 Å². The number of thiazole rings is 1. The second kappa shape index (κ2) is 11.9. The molecule has 194 valence electrons. The van der Waals surface area contributed by atoms with Gasteiger partial charge in [0.15, 0.2) is 16.6 Å². The van der Waals surface area contributed by atoms with Crippen LogP contribution in [0, 0.1) is 6.92 Å². The van der Waals surface area contributed by atoms with Gasteiger partial charge in [-0.1, -0.05) is 23.5 Å². The molecule has 8 nitrogen and oxygen atoms in total. The highest BCUT2D eigenvalue weighted by Gasteiger charge is 2.26. The number of nitrogens with zero attached hydrogens (tertiary/aromatic N) is 3. The molecule has 0 radical (unpaired) electrons. The Kier molecular flexibility index (Phi) is 8.45. The molecular formula is C28H31N3O5S. The number of aryl methyl sites for hydroxylation is 1. The maximum absolute atomic E-state index is 14.1. The number of pyridine rings is 1. The Balaban J connectivity index is 1.85. The molecule has 0 aliphatic rings. The van der Waals surface area contributed by atoms with Gasteiger partial charge in [0.05, 0.1) is 38.2 Å². The third-order valence-electron chi connectivity index (χ3n) is 5.61. The van der Waals surface area contributed by atoms with Crippen LogP contribution in [0.3, 0.4) is 0 Å². The Morgan fingerprint density at radius 3 is 2.27 bits per heavy atom. The van der Waals surface area contributed by atoms with Crippen LogP contribution in [0.4, 0.5) is 5.13 Å². The number of fused-ring (bicyclic) bond motifs is 1. The highest BCUT2D eigenvalue weighted by molar-refractivity contribution is 7.22. The number of carbonyl (C=O) groups excluding carboxylic acids is 1. The number of aromatic nitrogens is 2. The number of carbonyl (C=O) groups is 1. The molecule has 1 amide bonds. The van der Waals surface area contributed by atoms with Gasteiger partial charge in [0.2, 0.25) is 5.75 Å². The predicted molar refractivity (Wildman–Crippen MR) is 146 cm³/mol. The van der Waals surface area contributed by atoms with Crippen LogP contribution in [0.2, 0.25) is 0 Å². The van der Waals surface area contributed by atoms with Crippen LogP contribution in [-0.2, 0) is 6.54 Å². The third kappa shape index (κ3) is 5.61. The second-order valence-electron chi connectivity index (χ2n) is 8.11. The highest BCUT2D eigenvalue weighted by atomic mass is 32.1. The Labute approximate surface area is 220 Å². The molecule has 0 aliphatic carbocycles. The predicted octanol–water partition coefficient (Wildman–Crippen LogP) is 6.05. The van der Waals surface area contributed by atoms with Gasteiger partial charge in [-0.15, -0.1) is 0 Å². The normalized spacial score (nSPS) is 10.8. The summed E-state index contributed by atoms with van der Waals surface area (Å²) in [6, 6.07) is 11.1. The Hall–Kier alpha value is -3.85. The molecule has 0 unspecified atom stereocenters. The fourth-order valence-electron chi connectivity index (χ4n) is 3.95. The van der Waals surface area contributed by atoms with Crippen molar-refractivity contribution >= 4 is 32.6 Å². The van der Waals surface area contributed by atoms with E-state index < -0.39 is 0 Å². The molecule has 4 rings (SSSR count). The van der Waals surface area contributed by atoms with Crippen molar-refractivity contribution in [2.75, 3.05) is 31.8 Å². The van der Waals surface area contributed by atoms with Crippen molar-refractivity contribution in [3.8, 4) is 23.0 Å². The maximum Gasteiger partial charge on any atom is 0.260 e. The molecule has 0 saturated heterocycles. The maximum atomic E-state index is 14.1. The van der Waals surface area contributed by atoms with Crippen molar-refractivity contribution < 1.29 is 23.7 Å². The van der Waals surface area contributed by atoms with Crippen LogP contribution in [0.15, 0.2) is 48.8 Å². The smallest absolute Gasteiger partial charge is 0.260 e. The van der Waals surface area contributed by atoms with E-state index in [-0.39, 0.29) is 12.5 Å². The largest absolute Gasteiger partial charge is 0.494 e. The molecule has 0 spiro atoms. The van der Waals surface area contributed by atoms with Gasteiger partial charge in [0.1, 0.15) is 11.3 Å². The summed E-state index contributed by atoms with van der Waals surface area (Å²) in [5, 5.41) is 0.557. The van der Waals surface area contributed by atoms with Gasteiger partial charge in [-0.2, -0.15) is 0 Å². The molecule has 37 heavy (non-hydrogen) atoms. The van der Waals surface area contributed by atoms with Gasteiger partial charge >= 0.3 is 0 Å². The molecule has 0 fully saturated rings. The van der Waals surface area contributed by atoms with Crippen LogP contribution >= 0.6 is 11.3 Å². The van der Waals surface area contributed by atoms with Crippen LogP contribution in [0.1, 0.15) is 42.3 Å². The van der Waals surface area contributed by atoms with Crippen LogP contribution < -0.4 is 23.8 Å². The Morgan fingerprint density at radius 1 is 0.973 bits per heavy atom. The first kappa shape index (κ1) is 26.2. The number of anilines is 1. The molecule has 9 heteroatoms. The van der Waals surface area contributed by atoms with Crippen molar-refractivity contribution in [1.82, 2.24) is 9.97 Å². The Bertz CT molecular complexity index is 1350. The molecule has 4 aromatic rings. The number of hydrogen-bond donors (Lipinski definition) is 0. The zero-order valence-corrected chi connectivity index (χ0v) is 22.6. The average molecular weight is 522 g/mol. The summed E-state index contributed by atoms with van der Waals surface area (Å²) in [7, 11) is 1.62. The topological polar surface area (TPSA) is 83.0 Å². The summed E-state index contributed by atoms with van der Waals surface area (Å²) in [6.45, 7) is 9.24. The summed E-state index contributed by atoms with van der Waals surface area (Å²) < 4.78 is 24.0. The molecule has 2 aromatic carbocycles. The van der Waals surface area contributed by atoms with E-state index in [0.29, 0.717) is 53.5 Å². The van der Waals surface area contributed by atoms with Crippen molar-refractivity contribution in [3.63, 3.8) is 0 Å². The first-order chi connectivity index (χ1) is 18.0. The minimum absolute atomic E-state index is 0.246. The third-order valence-corrected chi connectivity index (χ3v) is 6.82. The SMILES string of the molecule is CCOc1cc(C(=O)N(Cc2cccnc2)c2nc3c(OC)ccc(C)c3s2)cc(OCC)c1OCC. The van der Waals surface area contributed by atoms with Crippen LogP contribution in [0.5, 0.6) is 23.0 Å². The van der Waals surface area contributed by atoms with Gasteiger partial charge in [0.25, 0.3) is 5.91 Å². The van der Waals surface area contributed by atoms with E-state index in [1.54, 1.807) is 36.5 Å². The number of methoxy groups -OCH3 is 1. The Morgan fingerprint density at radius 2 is 1.68 bits per heavy atom. The van der Waals surface area contributed by atoms with Gasteiger partial charge in [0, 0.05) is 18.0 Å². The van der Waals surface area contributed by atoms with E-state index in [2.05, 4.69) is 4.98 Å². The van der Waals surface area contributed by atoms with Crippen molar-refractivity contribution in [2.24, 2.45) is 0 Å². The van der Waals surface area contributed by atoms with Crippen molar-refractivity contribution in [2.45, 2.75) is 34.2 Å². The quantitative estimate of drug-likeness (QED) is 0.238. The molecule has 2 aromatic heterocycles. The zero-order chi connectivity index (χ0) is 26.4. The number of amides is 1. The monoisotopic (exact) mass is 521 g/mol. The molecule has 0 bridgehead atoms. The summed E-state index contributed by atoms with van der Waals surface area (Å²) in [6.07, 6.45) is 3.45. The number of ether oxygens (including phenoxy) is 4. The fourth-order valence-corrected chi connectivity index (χ4v) is 5.00. The van der Waals surface area contributed by atoms with Crippen LogP contribution in [-0.4, -0.2) is 42.8 Å². The number of hydrogen-bond acceptors (Lipinski definition) is 8. The molecule has 2 heterocycles. The summed E-state index contributed by atoms with van der Waals surface area (Å²) >= 11 is 1.45. The molecular weight excluding hydrogens is 490 g/mol. The van der Waals surface area contributed by atoms with E-state index in [4.69, 9.17) is 23.9 Å². The van der Waals surface area contributed by atoms with Gasteiger partial charge in [-0.25, -0.2) is 4.98 Å². The van der Waals surface area contributed by atoms with E-state index in [1.807, 2.05) is 52.0 Å². The fraction of sp³-hybridized carbons (Fsp3) is 0.321. The van der Waals surface area contributed by atoms with E-state index >= 15 is 0 Å². The van der Waals surface area contributed by atoms with E-state index in [1.165, 1.54) is 11.3 Å².